The molecule has 0 radical (unpaired) electrons. The first-order valence-electron chi connectivity index (χ1n) is 4.71. The van der Waals surface area contributed by atoms with Crippen LogP contribution in [0.3, 0.4) is 0 Å². The molecule has 72 valence electrons. The molecule has 0 atom stereocenters. The monoisotopic (exact) mass is 212 g/mol. The first-order chi connectivity index (χ1) is 7.43. The van der Waals surface area contributed by atoms with Gasteiger partial charge >= 0.3 is 0 Å². The zero-order valence-corrected chi connectivity index (χ0v) is 8.74. The molecule has 0 saturated heterocycles. The average molecular weight is 212 g/mol. The number of rotatable bonds is 0. The van der Waals surface area contributed by atoms with E-state index in [1.165, 1.54) is 0 Å². The molecular weight excluding hydrogens is 204 g/mol. The van der Waals surface area contributed by atoms with Gasteiger partial charge in [0.25, 0.3) is 0 Å². The van der Waals surface area contributed by atoms with Crippen molar-refractivity contribution in [1.82, 2.24) is 0 Å². The molecule has 0 bridgehead atoms. The van der Waals surface area contributed by atoms with Crippen molar-refractivity contribution in [2.45, 2.75) is 9.79 Å². The minimum Gasteiger partial charge on any atom is -0.149 e. The lowest BCUT2D eigenvalue weighted by Gasteiger charge is -2.01. The van der Waals surface area contributed by atoms with Crippen molar-refractivity contribution in [3.63, 3.8) is 0 Å². The number of nitrogens with zero attached hydrogens (tertiary/aromatic N) is 2. The molecule has 2 aromatic rings. The minimum atomic E-state index is 0.943. The second kappa shape index (κ2) is 3.51. The quantitative estimate of drug-likeness (QED) is 0.535. The molecule has 2 aromatic carbocycles. The van der Waals surface area contributed by atoms with Crippen LogP contribution in [0.25, 0.3) is 0 Å². The number of azo groups is 1. The largest absolute Gasteiger partial charge is 0.149 e. The lowest BCUT2D eigenvalue weighted by Crippen LogP contribution is -1.71. The van der Waals surface area contributed by atoms with Gasteiger partial charge in [0.2, 0.25) is 0 Å². The third kappa shape index (κ3) is 1.55. The smallest absolute Gasteiger partial charge is 0.0996 e. The number of hydrogen-bond donors (Lipinski definition) is 0. The molecule has 1 aliphatic rings. The van der Waals surface area contributed by atoms with Crippen molar-refractivity contribution in [3.8, 4) is 0 Å². The maximum absolute atomic E-state index is 4.23. The van der Waals surface area contributed by atoms with E-state index in [0.717, 1.165) is 21.2 Å². The van der Waals surface area contributed by atoms with Crippen LogP contribution in [0, 0.1) is 0 Å². The predicted octanol–water partition coefficient (Wildman–Crippen LogP) is 4.57. The van der Waals surface area contributed by atoms with E-state index in [1.807, 2.05) is 36.4 Å². The highest BCUT2D eigenvalue weighted by molar-refractivity contribution is 7.99. The Labute approximate surface area is 92.1 Å². The number of benzene rings is 2. The van der Waals surface area contributed by atoms with Gasteiger partial charge in [0.1, 0.15) is 0 Å². The van der Waals surface area contributed by atoms with Crippen LogP contribution in [0.1, 0.15) is 0 Å². The van der Waals surface area contributed by atoms with Gasteiger partial charge in [-0.15, -0.1) is 10.2 Å². The minimum absolute atomic E-state index is 0.943. The molecule has 0 amide bonds. The molecule has 0 unspecified atom stereocenters. The standard InChI is InChI=1S/C12H8N2S/c1-3-7-11-9(5-1)13-14-10-6-2-4-8-12(10)15-11/h1-8H. The number of hydrogen-bond acceptors (Lipinski definition) is 3. The summed E-state index contributed by atoms with van der Waals surface area (Å²) in [6.45, 7) is 0. The molecule has 0 aliphatic carbocycles. The van der Waals surface area contributed by atoms with Crippen LogP contribution in [0.2, 0.25) is 0 Å². The third-order valence-corrected chi connectivity index (χ3v) is 3.35. The van der Waals surface area contributed by atoms with Crippen LogP contribution in [-0.4, -0.2) is 0 Å². The van der Waals surface area contributed by atoms with Crippen LogP contribution in [-0.2, 0) is 0 Å². The second-order valence-corrected chi connectivity index (χ2v) is 4.32. The van der Waals surface area contributed by atoms with E-state index < -0.39 is 0 Å². The highest BCUT2D eigenvalue weighted by Crippen LogP contribution is 2.42. The molecule has 15 heavy (non-hydrogen) atoms. The van der Waals surface area contributed by atoms with Crippen LogP contribution in [0.5, 0.6) is 0 Å². The van der Waals surface area contributed by atoms with Gasteiger partial charge in [-0.2, -0.15) is 0 Å². The van der Waals surface area contributed by atoms with E-state index >= 15 is 0 Å². The van der Waals surface area contributed by atoms with Crippen molar-refractivity contribution in [2.24, 2.45) is 10.2 Å². The maximum Gasteiger partial charge on any atom is 0.0996 e. The lowest BCUT2D eigenvalue weighted by atomic mass is 10.3. The topological polar surface area (TPSA) is 24.7 Å². The zero-order chi connectivity index (χ0) is 10.1. The molecule has 0 fully saturated rings. The molecule has 0 spiro atoms. The fraction of sp³-hybridized carbons (Fsp3) is 0. The van der Waals surface area contributed by atoms with Crippen molar-refractivity contribution in [3.05, 3.63) is 48.5 Å². The van der Waals surface area contributed by atoms with Gasteiger partial charge in [-0.3, -0.25) is 0 Å². The Morgan fingerprint density at radius 1 is 0.667 bits per heavy atom. The molecular formula is C12H8N2S. The Kier molecular flexibility index (Phi) is 2.03. The Balaban J connectivity index is 2.19. The SMILES string of the molecule is c1ccc2c(c1)N=Nc1ccccc1S2. The van der Waals surface area contributed by atoms with E-state index in [4.69, 9.17) is 0 Å². The molecule has 1 aliphatic heterocycles. The summed E-state index contributed by atoms with van der Waals surface area (Å²) in [5.74, 6) is 0. The summed E-state index contributed by atoms with van der Waals surface area (Å²) >= 11 is 1.72. The summed E-state index contributed by atoms with van der Waals surface area (Å²) in [6, 6.07) is 16.1. The Hall–Kier alpha value is -1.61. The molecule has 3 heteroatoms. The Morgan fingerprint density at radius 3 is 1.67 bits per heavy atom. The average Bonchev–Trinajstić information content (AvgIpc) is 2.48. The van der Waals surface area contributed by atoms with Gasteiger partial charge in [-0.05, 0) is 24.3 Å². The molecule has 0 N–H and O–H groups in total. The fourth-order valence-electron chi connectivity index (χ4n) is 1.48. The Bertz CT molecular complexity index is 487. The summed E-state index contributed by atoms with van der Waals surface area (Å²) in [5.41, 5.74) is 1.89. The lowest BCUT2D eigenvalue weighted by molar-refractivity contribution is 1.19. The fourth-order valence-corrected chi connectivity index (χ4v) is 2.44. The van der Waals surface area contributed by atoms with E-state index in [1.54, 1.807) is 11.8 Å². The number of fused-ring (bicyclic) bond motifs is 2. The van der Waals surface area contributed by atoms with E-state index in [9.17, 15) is 0 Å². The normalized spacial score (nSPS) is 12.8. The van der Waals surface area contributed by atoms with Crippen LogP contribution in [0.15, 0.2) is 68.6 Å². The van der Waals surface area contributed by atoms with Gasteiger partial charge in [0.15, 0.2) is 0 Å². The summed E-state index contributed by atoms with van der Waals surface area (Å²) < 4.78 is 0. The summed E-state index contributed by atoms with van der Waals surface area (Å²) in [4.78, 5) is 2.32. The first-order valence-corrected chi connectivity index (χ1v) is 5.53. The zero-order valence-electron chi connectivity index (χ0n) is 7.92. The maximum atomic E-state index is 4.23. The van der Waals surface area contributed by atoms with Crippen molar-refractivity contribution in [2.75, 3.05) is 0 Å². The van der Waals surface area contributed by atoms with Crippen molar-refractivity contribution in [1.29, 1.82) is 0 Å². The van der Waals surface area contributed by atoms with E-state index in [-0.39, 0.29) is 0 Å². The molecule has 1 heterocycles. The van der Waals surface area contributed by atoms with Crippen LogP contribution < -0.4 is 0 Å². The van der Waals surface area contributed by atoms with Crippen molar-refractivity contribution < 1.29 is 0 Å². The van der Waals surface area contributed by atoms with E-state index in [0.29, 0.717) is 0 Å². The van der Waals surface area contributed by atoms with Crippen LogP contribution >= 0.6 is 11.8 Å². The molecule has 3 rings (SSSR count). The van der Waals surface area contributed by atoms with Gasteiger partial charge in [0.05, 0.1) is 11.4 Å². The summed E-state index contributed by atoms with van der Waals surface area (Å²) in [7, 11) is 0. The second-order valence-electron chi connectivity index (χ2n) is 3.24. The van der Waals surface area contributed by atoms with Crippen molar-refractivity contribution >= 4 is 23.1 Å². The predicted molar refractivity (Wildman–Crippen MR) is 61.2 cm³/mol. The van der Waals surface area contributed by atoms with Gasteiger partial charge in [0, 0.05) is 9.79 Å². The molecule has 2 nitrogen and oxygen atoms in total. The molecule has 0 aromatic heterocycles. The molecule has 0 saturated carbocycles. The van der Waals surface area contributed by atoms with Gasteiger partial charge < -0.3 is 0 Å². The highest BCUT2D eigenvalue weighted by atomic mass is 32.2. The first kappa shape index (κ1) is 8.68. The summed E-state index contributed by atoms with van der Waals surface area (Å²) in [5, 5.41) is 8.46. The van der Waals surface area contributed by atoms with Gasteiger partial charge in [-0.1, -0.05) is 36.0 Å². The van der Waals surface area contributed by atoms with E-state index in [2.05, 4.69) is 22.4 Å². The van der Waals surface area contributed by atoms with Gasteiger partial charge in [-0.25, -0.2) is 0 Å². The summed E-state index contributed by atoms with van der Waals surface area (Å²) in [6.07, 6.45) is 0. The Morgan fingerprint density at radius 2 is 1.13 bits per heavy atom. The highest BCUT2D eigenvalue weighted by Gasteiger charge is 2.10. The third-order valence-electron chi connectivity index (χ3n) is 2.22. The van der Waals surface area contributed by atoms with Crippen LogP contribution in [0.4, 0.5) is 11.4 Å².